The van der Waals surface area contributed by atoms with Crippen molar-refractivity contribution in [2.24, 2.45) is 0 Å². The Balaban J connectivity index is 1.69. The van der Waals surface area contributed by atoms with Crippen molar-refractivity contribution in [3.63, 3.8) is 0 Å². The lowest BCUT2D eigenvalue weighted by atomic mass is 10.2. The average Bonchev–Trinajstić information content (AvgIpc) is 2.88. The lowest BCUT2D eigenvalue weighted by molar-refractivity contribution is 0.114. The van der Waals surface area contributed by atoms with E-state index in [9.17, 15) is 0 Å². The molecule has 5 heteroatoms. The van der Waals surface area contributed by atoms with Crippen LogP contribution in [0.3, 0.4) is 0 Å². The number of benzene rings is 1. The highest BCUT2D eigenvalue weighted by molar-refractivity contribution is 7.80. The van der Waals surface area contributed by atoms with Gasteiger partial charge in [0.15, 0.2) is 5.11 Å². The Labute approximate surface area is 118 Å². The van der Waals surface area contributed by atoms with Crippen LogP contribution in [0, 0.1) is 0 Å². The van der Waals surface area contributed by atoms with Gasteiger partial charge in [0.05, 0.1) is 6.10 Å². The molecule has 3 nitrogen and oxygen atoms in total. The first kappa shape index (κ1) is 13.6. The van der Waals surface area contributed by atoms with Gasteiger partial charge >= 0.3 is 0 Å². The van der Waals surface area contributed by atoms with Crippen molar-refractivity contribution in [2.45, 2.75) is 25.5 Å². The van der Waals surface area contributed by atoms with Gasteiger partial charge < -0.3 is 15.4 Å². The molecule has 1 saturated heterocycles. The van der Waals surface area contributed by atoms with Crippen molar-refractivity contribution in [3.8, 4) is 0 Å². The minimum absolute atomic E-state index is 0.296. The average molecular weight is 285 g/mol. The van der Waals surface area contributed by atoms with E-state index in [1.165, 1.54) is 0 Å². The zero-order chi connectivity index (χ0) is 12.8. The van der Waals surface area contributed by atoms with Crippen LogP contribution < -0.4 is 10.6 Å². The first-order valence-corrected chi connectivity index (χ1v) is 6.91. The highest BCUT2D eigenvalue weighted by Gasteiger charge is 2.15. The van der Waals surface area contributed by atoms with Crippen LogP contribution in [0.4, 0.5) is 0 Å². The van der Waals surface area contributed by atoms with Crippen molar-refractivity contribution in [2.75, 3.05) is 13.2 Å². The first-order chi connectivity index (χ1) is 8.75. The second-order valence-corrected chi connectivity index (χ2v) is 5.11. The van der Waals surface area contributed by atoms with Crippen molar-refractivity contribution in [3.05, 3.63) is 34.9 Å². The molecule has 1 aromatic carbocycles. The molecule has 2 rings (SSSR count). The van der Waals surface area contributed by atoms with Crippen LogP contribution in [-0.2, 0) is 11.3 Å². The summed E-state index contributed by atoms with van der Waals surface area (Å²) in [4.78, 5) is 0. The summed E-state index contributed by atoms with van der Waals surface area (Å²) in [5.74, 6) is 0. The van der Waals surface area contributed by atoms with Crippen LogP contribution in [0.5, 0.6) is 0 Å². The van der Waals surface area contributed by atoms with Crippen LogP contribution in [0.25, 0.3) is 0 Å². The number of thiocarbonyl (C=S) groups is 1. The lowest BCUT2D eigenvalue weighted by Gasteiger charge is -2.14. The Hall–Kier alpha value is -0.840. The summed E-state index contributed by atoms with van der Waals surface area (Å²) >= 11 is 11.3. The summed E-state index contributed by atoms with van der Waals surface area (Å²) in [5, 5.41) is 7.71. The molecule has 0 spiro atoms. The maximum absolute atomic E-state index is 6.06. The summed E-state index contributed by atoms with van der Waals surface area (Å²) in [7, 11) is 0. The van der Waals surface area contributed by atoms with Gasteiger partial charge in [-0.15, -0.1) is 0 Å². The highest BCUT2D eigenvalue weighted by Crippen LogP contribution is 2.14. The van der Waals surface area contributed by atoms with E-state index in [0.29, 0.717) is 17.8 Å². The quantitative estimate of drug-likeness (QED) is 0.833. The zero-order valence-electron chi connectivity index (χ0n) is 10.1. The van der Waals surface area contributed by atoms with Gasteiger partial charge in [-0.1, -0.05) is 29.8 Å². The van der Waals surface area contributed by atoms with Gasteiger partial charge in [0.25, 0.3) is 0 Å². The molecule has 0 saturated carbocycles. The molecule has 1 aliphatic rings. The second kappa shape index (κ2) is 6.92. The molecule has 0 amide bonds. The van der Waals surface area contributed by atoms with Gasteiger partial charge in [-0.3, -0.25) is 0 Å². The second-order valence-electron chi connectivity index (χ2n) is 4.29. The fourth-order valence-corrected chi connectivity index (χ4v) is 2.25. The number of halogens is 1. The van der Waals surface area contributed by atoms with E-state index in [1.807, 2.05) is 24.3 Å². The normalized spacial score (nSPS) is 18.6. The van der Waals surface area contributed by atoms with Crippen LogP contribution >= 0.6 is 23.8 Å². The maximum atomic E-state index is 6.06. The predicted molar refractivity (Wildman–Crippen MR) is 77.9 cm³/mol. The largest absolute Gasteiger partial charge is 0.376 e. The summed E-state index contributed by atoms with van der Waals surface area (Å²) in [6, 6.07) is 7.74. The molecule has 0 radical (unpaired) electrons. The van der Waals surface area contributed by atoms with Crippen LogP contribution in [0.15, 0.2) is 24.3 Å². The van der Waals surface area contributed by atoms with Crippen LogP contribution in [-0.4, -0.2) is 24.4 Å². The topological polar surface area (TPSA) is 33.3 Å². The fraction of sp³-hybridized carbons (Fsp3) is 0.462. The Morgan fingerprint density at radius 2 is 2.22 bits per heavy atom. The van der Waals surface area contributed by atoms with Gasteiger partial charge in [-0.05, 0) is 36.7 Å². The molecule has 0 unspecified atom stereocenters. The Bertz CT molecular complexity index is 408. The van der Waals surface area contributed by atoms with E-state index in [0.717, 1.165) is 36.6 Å². The number of nitrogens with one attached hydrogen (secondary N) is 2. The van der Waals surface area contributed by atoms with E-state index in [-0.39, 0.29) is 0 Å². The first-order valence-electron chi connectivity index (χ1n) is 6.12. The smallest absolute Gasteiger partial charge is 0.166 e. The van der Waals surface area contributed by atoms with Gasteiger partial charge in [-0.2, -0.15) is 0 Å². The molecular formula is C13H17ClN2OS. The van der Waals surface area contributed by atoms with E-state index in [2.05, 4.69) is 10.6 Å². The molecule has 0 aliphatic carbocycles. The monoisotopic (exact) mass is 284 g/mol. The van der Waals surface area contributed by atoms with Gasteiger partial charge in [0.1, 0.15) is 0 Å². The number of ether oxygens (including phenoxy) is 1. The third-order valence-corrected chi connectivity index (χ3v) is 3.57. The lowest BCUT2D eigenvalue weighted by Crippen LogP contribution is -2.39. The Morgan fingerprint density at radius 1 is 1.39 bits per heavy atom. The van der Waals surface area contributed by atoms with E-state index >= 15 is 0 Å². The number of hydrogen-bond donors (Lipinski definition) is 2. The van der Waals surface area contributed by atoms with E-state index in [1.54, 1.807) is 0 Å². The van der Waals surface area contributed by atoms with Crippen molar-refractivity contribution in [1.82, 2.24) is 10.6 Å². The van der Waals surface area contributed by atoms with Gasteiger partial charge in [-0.25, -0.2) is 0 Å². The summed E-state index contributed by atoms with van der Waals surface area (Å²) < 4.78 is 5.51. The molecular weight excluding hydrogens is 268 g/mol. The minimum Gasteiger partial charge on any atom is -0.376 e. The highest BCUT2D eigenvalue weighted by atomic mass is 35.5. The van der Waals surface area contributed by atoms with Crippen molar-refractivity contribution < 1.29 is 4.74 Å². The molecule has 0 aromatic heterocycles. The number of hydrogen-bond acceptors (Lipinski definition) is 2. The molecule has 1 atom stereocenters. The molecule has 1 aliphatic heterocycles. The molecule has 0 bridgehead atoms. The van der Waals surface area contributed by atoms with Crippen molar-refractivity contribution >= 4 is 28.9 Å². The number of rotatable bonds is 4. The molecule has 18 heavy (non-hydrogen) atoms. The molecule has 98 valence electrons. The Morgan fingerprint density at radius 3 is 2.94 bits per heavy atom. The summed E-state index contributed by atoms with van der Waals surface area (Å²) in [5.41, 5.74) is 1.04. The SMILES string of the molecule is S=C(NCc1ccccc1Cl)NC[C@H]1CCCO1. The van der Waals surface area contributed by atoms with Gasteiger partial charge in [0.2, 0.25) is 0 Å². The minimum atomic E-state index is 0.296. The standard InChI is InChI=1S/C13H17ClN2OS/c14-12-6-2-1-4-10(12)8-15-13(18)16-9-11-5-3-7-17-11/h1-2,4,6,11H,3,5,7-9H2,(H2,15,16,18)/t11-/m1/s1. The van der Waals surface area contributed by atoms with E-state index < -0.39 is 0 Å². The third-order valence-electron chi connectivity index (χ3n) is 2.91. The van der Waals surface area contributed by atoms with Crippen LogP contribution in [0.2, 0.25) is 5.02 Å². The molecule has 1 fully saturated rings. The fourth-order valence-electron chi connectivity index (χ4n) is 1.89. The third kappa shape index (κ3) is 4.12. The van der Waals surface area contributed by atoms with Crippen LogP contribution in [0.1, 0.15) is 18.4 Å². The van der Waals surface area contributed by atoms with E-state index in [4.69, 9.17) is 28.6 Å². The van der Waals surface area contributed by atoms with Crippen molar-refractivity contribution in [1.29, 1.82) is 0 Å². The maximum Gasteiger partial charge on any atom is 0.166 e. The molecule has 1 heterocycles. The predicted octanol–water partition coefficient (Wildman–Crippen LogP) is 2.48. The molecule has 2 N–H and O–H groups in total. The summed E-state index contributed by atoms with van der Waals surface area (Å²) in [6.45, 7) is 2.28. The zero-order valence-corrected chi connectivity index (χ0v) is 11.7. The molecule has 1 aromatic rings. The Kier molecular flexibility index (Phi) is 5.23. The summed E-state index contributed by atoms with van der Waals surface area (Å²) in [6.07, 6.45) is 2.55. The van der Waals surface area contributed by atoms with Gasteiger partial charge in [0, 0.05) is 24.7 Å².